The molecule has 2 atom stereocenters. The van der Waals surface area contributed by atoms with Crippen molar-refractivity contribution in [2.75, 3.05) is 17.2 Å². The van der Waals surface area contributed by atoms with E-state index in [4.69, 9.17) is 10.5 Å². The number of hydrogen-bond acceptors (Lipinski definition) is 5. The fourth-order valence-electron chi connectivity index (χ4n) is 3.74. The van der Waals surface area contributed by atoms with Gasteiger partial charge in [-0.25, -0.2) is 4.79 Å². The van der Waals surface area contributed by atoms with Crippen molar-refractivity contribution in [3.8, 4) is 0 Å². The number of para-hydroxylation sites is 1. The summed E-state index contributed by atoms with van der Waals surface area (Å²) in [6.07, 6.45) is 3.33. The summed E-state index contributed by atoms with van der Waals surface area (Å²) in [5.74, 6) is -0.328. The molecule has 1 aromatic carbocycles. The van der Waals surface area contributed by atoms with E-state index < -0.39 is 0 Å². The molecule has 0 saturated carbocycles. The highest BCUT2D eigenvalue weighted by Crippen LogP contribution is 2.43. The maximum Gasteiger partial charge on any atom is 0.340 e. The minimum atomic E-state index is -0.328. The average molecular weight is 290 g/mol. The van der Waals surface area contributed by atoms with Crippen LogP contribution < -0.4 is 10.6 Å². The fourth-order valence-corrected chi connectivity index (χ4v) is 3.74. The van der Waals surface area contributed by atoms with Crippen LogP contribution in [0.15, 0.2) is 18.2 Å². The standard InChI is InChI=1S/C16H22N2O3/c1-2-21-16(20)13-4-3-5-14(17)15(13)18-10-6-7-11(18)9-12(19)8-10/h3-5,10-12,19H,2,6-9,17H2,1H3. The predicted molar refractivity (Wildman–Crippen MR) is 81.3 cm³/mol. The summed E-state index contributed by atoms with van der Waals surface area (Å²) in [7, 11) is 0. The van der Waals surface area contributed by atoms with E-state index in [1.165, 1.54) is 0 Å². The zero-order chi connectivity index (χ0) is 15.0. The monoisotopic (exact) mass is 290 g/mol. The molecule has 2 heterocycles. The molecule has 2 unspecified atom stereocenters. The number of carbonyl (C=O) groups is 1. The van der Waals surface area contributed by atoms with Crippen molar-refractivity contribution in [3.63, 3.8) is 0 Å². The molecule has 2 aliphatic heterocycles. The highest BCUT2D eigenvalue weighted by molar-refractivity contribution is 5.99. The lowest BCUT2D eigenvalue weighted by atomic mass is 9.97. The number of nitrogens with two attached hydrogens (primary N) is 1. The van der Waals surface area contributed by atoms with Gasteiger partial charge in [0, 0.05) is 12.1 Å². The van der Waals surface area contributed by atoms with Gasteiger partial charge in [-0.1, -0.05) is 6.07 Å². The molecule has 21 heavy (non-hydrogen) atoms. The van der Waals surface area contributed by atoms with Gasteiger partial charge in [-0.05, 0) is 44.7 Å². The van der Waals surface area contributed by atoms with Gasteiger partial charge < -0.3 is 20.5 Å². The first-order valence-corrected chi connectivity index (χ1v) is 7.63. The molecule has 2 saturated heterocycles. The minimum Gasteiger partial charge on any atom is -0.462 e. The van der Waals surface area contributed by atoms with Crippen LogP contribution in [0.3, 0.4) is 0 Å². The average Bonchev–Trinajstić information content (AvgIpc) is 2.70. The van der Waals surface area contributed by atoms with Crippen LogP contribution in [0.2, 0.25) is 0 Å². The van der Waals surface area contributed by atoms with Crippen LogP contribution in [0.4, 0.5) is 11.4 Å². The van der Waals surface area contributed by atoms with Gasteiger partial charge >= 0.3 is 5.97 Å². The molecule has 5 nitrogen and oxygen atoms in total. The Hall–Kier alpha value is -1.75. The molecule has 1 aromatic rings. The van der Waals surface area contributed by atoms with Gasteiger partial charge in [0.2, 0.25) is 0 Å². The Morgan fingerprint density at radius 3 is 2.67 bits per heavy atom. The number of aliphatic hydroxyl groups excluding tert-OH is 1. The van der Waals surface area contributed by atoms with Crippen molar-refractivity contribution >= 4 is 17.3 Å². The minimum absolute atomic E-state index is 0.241. The molecule has 0 aliphatic carbocycles. The zero-order valence-corrected chi connectivity index (χ0v) is 12.3. The van der Waals surface area contributed by atoms with Crippen molar-refractivity contribution in [2.45, 2.75) is 50.8 Å². The Kier molecular flexibility index (Phi) is 3.76. The molecule has 0 aromatic heterocycles. The third-order valence-corrected chi connectivity index (χ3v) is 4.53. The summed E-state index contributed by atoms with van der Waals surface area (Å²) in [5, 5.41) is 9.94. The number of anilines is 2. The van der Waals surface area contributed by atoms with E-state index in [9.17, 15) is 9.90 Å². The summed E-state index contributed by atoms with van der Waals surface area (Å²) in [4.78, 5) is 14.4. The van der Waals surface area contributed by atoms with Gasteiger partial charge in [0.1, 0.15) is 0 Å². The lowest BCUT2D eigenvalue weighted by Crippen LogP contribution is -2.45. The van der Waals surface area contributed by atoms with Crippen LogP contribution in [-0.2, 0) is 4.74 Å². The molecule has 5 heteroatoms. The van der Waals surface area contributed by atoms with E-state index in [1.807, 2.05) is 6.07 Å². The molecule has 0 radical (unpaired) electrons. The predicted octanol–water partition coefficient (Wildman–Crippen LogP) is 1.94. The second-order valence-electron chi connectivity index (χ2n) is 5.88. The first kappa shape index (κ1) is 14.2. The van der Waals surface area contributed by atoms with Gasteiger partial charge in [0.05, 0.1) is 29.6 Å². The van der Waals surface area contributed by atoms with Crippen LogP contribution in [0.5, 0.6) is 0 Å². The number of esters is 1. The number of aliphatic hydroxyl groups is 1. The topological polar surface area (TPSA) is 75.8 Å². The Morgan fingerprint density at radius 2 is 2.05 bits per heavy atom. The number of piperidine rings is 1. The number of hydrogen-bond donors (Lipinski definition) is 2. The number of rotatable bonds is 3. The summed E-state index contributed by atoms with van der Waals surface area (Å²) < 4.78 is 5.16. The lowest BCUT2D eigenvalue weighted by molar-refractivity contribution is 0.0526. The summed E-state index contributed by atoms with van der Waals surface area (Å²) in [6, 6.07) is 5.90. The van der Waals surface area contributed by atoms with Crippen molar-refractivity contribution in [3.05, 3.63) is 23.8 Å². The second-order valence-corrected chi connectivity index (χ2v) is 5.88. The number of carbonyl (C=O) groups excluding carboxylic acids is 1. The van der Waals surface area contributed by atoms with E-state index in [1.54, 1.807) is 19.1 Å². The number of nitrogens with zero attached hydrogens (tertiary/aromatic N) is 1. The normalized spacial score (nSPS) is 27.7. The largest absolute Gasteiger partial charge is 0.462 e. The number of nitrogen functional groups attached to an aromatic ring is 1. The fraction of sp³-hybridized carbons (Fsp3) is 0.562. The molecule has 2 bridgehead atoms. The van der Waals surface area contributed by atoms with E-state index in [2.05, 4.69) is 4.90 Å². The molecule has 2 aliphatic rings. The SMILES string of the molecule is CCOC(=O)c1cccc(N)c1N1C2CCC1CC(O)C2. The van der Waals surface area contributed by atoms with Crippen LogP contribution in [-0.4, -0.2) is 35.9 Å². The van der Waals surface area contributed by atoms with Crippen LogP contribution in [0.25, 0.3) is 0 Å². The van der Waals surface area contributed by atoms with Crippen molar-refractivity contribution in [1.82, 2.24) is 0 Å². The quantitative estimate of drug-likeness (QED) is 0.657. The first-order chi connectivity index (χ1) is 10.1. The van der Waals surface area contributed by atoms with E-state index in [-0.39, 0.29) is 24.2 Å². The Bertz CT molecular complexity index is 532. The van der Waals surface area contributed by atoms with Gasteiger partial charge in [0.25, 0.3) is 0 Å². The number of benzene rings is 1. The van der Waals surface area contributed by atoms with Crippen LogP contribution in [0, 0.1) is 0 Å². The molecule has 114 valence electrons. The van der Waals surface area contributed by atoms with Crippen molar-refractivity contribution in [2.24, 2.45) is 0 Å². The zero-order valence-electron chi connectivity index (χ0n) is 12.3. The van der Waals surface area contributed by atoms with Crippen molar-refractivity contribution < 1.29 is 14.6 Å². The van der Waals surface area contributed by atoms with Crippen LogP contribution >= 0.6 is 0 Å². The third kappa shape index (κ3) is 2.46. The molecular weight excluding hydrogens is 268 g/mol. The van der Waals surface area contributed by atoms with Gasteiger partial charge in [-0.3, -0.25) is 0 Å². The van der Waals surface area contributed by atoms with Gasteiger partial charge in [-0.15, -0.1) is 0 Å². The second kappa shape index (κ2) is 5.56. The highest BCUT2D eigenvalue weighted by atomic mass is 16.5. The van der Waals surface area contributed by atoms with Gasteiger partial charge in [0.15, 0.2) is 0 Å². The smallest absolute Gasteiger partial charge is 0.340 e. The van der Waals surface area contributed by atoms with Gasteiger partial charge in [-0.2, -0.15) is 0 Å². The molecule has 2 fully saturated rings. The third-order valence-electron chi connectivity index (χ3n) is 4.53. The lowest BCUT2D eigenvalue weighted by Gasteiger charge is -2.40. The maximum absolute atomic E-state index is 12.2. The Balaban J connectivity index is 2.00. The van der Waals surface area contributed by atoms with Crippen molar-refractivity contribution in [1.29, 1.82) is 0 Å². The molecule has 3 N–H and O–H groups in total. The molecule has 0 spiro atoms. The maximum atomic E-state index is 12.2. The first-order valence-electron chi connectivity index (χ1n) is 7.63. The molecular formula is C16H22N2O3. The highest BCUT2D eigenvalue weighted by Gasteiger charge is 2.42. The number of fused-ring (bicyclic) bond motifs is 2. The summed E-state index contributed by atoms with van der Waals surface area (Å²) in [6.45, 7) is 2.14. The van der Waals surface area contributed by atoms with E-state index in [0.717, 1.165) is 31.4 Å². The summed E-state index contributed by atoms with van der Waals surface area (Å²) >= 11 is 0. The van der Waals surface area contributed by atoms with Crippen LogP contribution in [0.1, 0.15) is 43.0 Å². The Morgan fingerprint density at radius 1 is 1.38 bits per heavy atom. The molecule has 3 rings (SSSR count). The van der Waals surface area contributed by atoms with E-state index in [0.29, 0.717) is 17.9 Å². The summed E-state index contributed by atoms with van der Waals surface area (Å²) in [5.41, 5.74) is 8.09. The number of ether oxygens (including phenoxy) is 1. The molecule has 0 amide bonds. The Labute approximate surface area is 124 Å². The van der Waals surface area contributed by atoms with E-state index >= 15 is 0 Å².